The van der Waals surface area contributed by atoms with Crippen molar-refractivity contribution >= 4 is 5.91 Å². The molecule has 0 radical (unpaired) electrons. The van der Waals surface area contributed by atoms with E-state index in [4.69, 9.17) is 10.5 Å². The van der Waals surface area contributed by atoms with Crippen LogP contribution in [0, 0.1) is 5.92 Å². The number of amides is 1. The molecule has 0 spiro atoms. The van der Waals surface area contributed by atoms with Crippen LogP contribution in [0.25, 0.3) is 0 Å². The second kappa shape index (κ2) is 8.53. The van der Waals surface area contributed by atoms with Gasteiger partial charge in [0.05, 0.1) is 0 Å². The van der Waals surface area contributed by atoms with Gasteiger partial charge in [0.25, 0.3) is 0 Å². The molecule has 4 heteroatoms. The zero-order valence-electron chi connectivity index (χ0n) is 10.0. The third-order valence-electron chi connectivity index (χ3n) is 3.02. The van der Waals surface area contributed by atoms with E-state index in [0.717, 1.165) is 58.4 Å². The Kier molecular flexibility index (Phi) is 7.17. The van der Waals surface area contributed by atoms with E-state index < -0.39 is 0 Å². The average Bonchev–Trinajstić information content (AvgIpc) is 2.34. The molecule has 94 valence electrons. The van der Waals surface area contributed by atoms with Crippen LogP contribution < -0.4 is 11.1 Å². The molecule has 1 saturated heterocycles. The van der Waals surface area contributed by atoms with E-state index in [2.05, 4.69) is 5.32 Å². The summed E-state index contributed by atoms with van der Waals surface area (Å²) in [7, 11) is 0. The van der Waals surface area contributed by atoms with E-state index in [-0.39, 0.29) is 11.8 Å². The molecule has 16 heavy (non-hydrogen) atoms. The number of rotatable bonds is 7. The lowest BCUT2D eigenvalue weighted by Crippen LogP contribution is -2.34. The number of carbonyl (C=O) groups is 1. The molecule has 1 fully saturated rings. The van der Waals surface area contributed by atoms with E-state index in [0.29, 0.717) is 0 Å². The van der Waals surface area contributed by atoms with Crippen molar-refractivity contribution in [3.05, 3.63) is 0 Å². The highest BCUT2D eigenvalue weighted by molar-refractivity contribution is 5.78. The lowest BCUT2D eigenvalue weighted by atomic mass is 9.99. The quantitative estimate of drug-likeness (QED) is 0.640. The second-order valence-corrected chi connectivity index (χ2v) is 4.38. The third-order valence-corrected chi connectivity index (χ3v) is 3.02. The Morgan fingerprint density at radius 1 is 1.19 bits per heavy atom. The van der Waals surface area contributed by atoms with Crippen molar-refractivity contribution in [3.8, 4) is 0 Å². The fraction of sp³-hybridized carbons (Fsp3) is 0.917. The zero-order valence-corrected chi connectivity index (χ0v) is 10.0. The van der Waals surface area contributed by atoms with Gasteiger partial charge < -0.3 is 15.8 Å². The summed E-state index contributed by atoms with van der Waals surface area (Å²) in [4.78, 5) is 11.7. The van der Waals surface area contributed by atoms with E-state index in [9.17, 15) is 4.79 Å². The molecular formula is C12H24N2O2. The molecule has 1 aliphatic heterocycles. The summed E-state index contributed by atoms with van der Waals surface area (Å²) >= 11 is 0. The summed E-state index contributed by atoms with van der Waals surface area (Å²) in [5.74, 6) is 0.389. The first-order valence-corrected chi connectivity index (χ1v) is 6.40. The van der Waals surface area contributed by atoms with Crippen molar-refractivity contribution < 1.29 is 9.53 Å². The minimum Gasteiger partial charge on any atom is -0.381 e. The maximum Gasteiger partial charge on any atom is 0.223 e. The molecule has 0 atom stereocenters. The molecule has 0 aromatic rings. The second-order valence-electron chi connectivity index (χ2n) is 4.38. The van der Waals surface area contributed by atoms with Gasteiger partial charge in [-0.3, -0.25) is 4.79 Å². The fourth-order valence-corrected chi connectivity index (χ4v) is 1.94. The Labute approximate surface area is 97.9 Å². The fourth-order valence-electron chi connectivity index (χ4n) is 1.94. The topological polar surface area (TPSA) is 64.3 Å². The largest absolute Gasteiger partial charge is 0.381 e. The molecule has 4 nitrogen and oxygen atoms in total. The molecule has 1 aliphatic rings. The number of nitrogens with one attached hydrogen (secondary N) is 1. The first-order valence-electron chi connectivity index (χ1n) is 6.40. The minimum absolute atomic E-state index is 0.179. The summed E-state index contributed by atoms with van der Waals surface area (Å²) in [5, 5.41) is 3.00. The van der Waals surface area contributed by atoms with Crippen molar-refractivity contribution in [2.75, 3.05) is 26.3 Å². The van der Waals surface area contributed by atoms with E-state index in [1.807, 2.05) is 0 Å². The normalized spacial score (nSPS) is 17.3. The summed E-state index contributed by atoms with van der Waals surface area (Å²) in [6.07, 6.45) is 6.23. The van der Waals surface area contributed by atoms with E-state index in [1.165, 1.54) is 6.42 Å². The van der Waals surface area contributed by atoms with Gasteiger partial charge in [-0.25, -0.2) is 0 Å². The van der Waals surface area contributed by atoms with Crippen molar-refractivity contribution in [2.45, 2.75) is 38.5 Å². The Morgan fingerprint density at radius 2 is 1.88 bits per heavy atom. The number of nitrogens with two attached hydrogens (primary N) is 1. The van der Waals surface area contributed by atoms with Crippen LogP contribution in [0.1, 0.15) is 38.5 Å². The number of carbonyl (C=O) groups excluding carboxylic acids is 1. The summed E-state index contributed by atoms with van der Waals surface area (Å²) < 4.78 is 5.23. The molecule has 0 aromatic carbocycles. The molecule has 1 rings (SSSR count). The van der Waals surface area contributed by atoms with Crippen molar-refractivity contribution in [3.63, 3.8) is 0 Å². The Hall–Kier alpha value is -0.610. The highest BCUT2D eigenvalue weighted by Crippen LogP contribution is 2.14. The highest BCUT2D eigenvalue weighted by Gasteiger charge is 2.20. The van der Waals surface area contributed by atoms with Crippen LogP contribution in [-0.2, 0) is 9.53 Å². The number of ether oxygens (including phenoxy) is 1. The van der Waals surface area contributed by atoms with Gasteiger partial charge in [0.15, 0.2) is 0 Å². The number of unbranched alkanes of at least 4 members (excludes halogenated alkanes) is 3. The average molecular weight is 228 g/mol. The van der Waals surface area contributed by atoms with E-state index in [1.54, 1.807) is 0 Å². The highest BCUT2D eigenvalue weighted by atomic mass is 16.5. The summed E-state index contributed by atoms with van der Waals surface area (Å²) in [6, 6.07) is 0. The van der Waals surface area contributed by atoms with Gasteiger partial charge >= 0.3 is 0 Å². The van der Waals surface area contributed by atoms with Gasteiger partial charge in [0.2, 0.25) is 5.91 Å². The van der Waals surface area contributed by atoms with Crippen LogP contribution >= 0.6 is 0 Å². The standard InChI is InChI=1S/C12H24N2O2/c13-7-3-1-2-4-8-14-12(15)11-5-9-16-10-6-11/h11H,1-10,13H2,(H,14,15). The summed E-state index contributed by atoms with van der Waals surface area (Å²) in [5.41, 5.74) is 5.41. The van der Waals surface area contributed by atoms with Gasteiger partial charge in [0, 0.05) is 25.7 Å². The van der Waals surface area contributed by atoms with Crippen molar-refractivity contribution in [1.82, 2.24) is 5.32 Å². The minimum atomic E-state index is 0.179. The van der Waals surface area contributed by atoms with Gasteiger partial charge in [-0.15, -0.1) is 0 Å². The summed E-state index contributed by atoms with van der Waals surface area (Å²) in [6.45, 7) is 3.04. The monoisotopic (exact) mass is 228 g/mol. The lowest BCUT2D eigenvalue weighted by Gasteiger charge is -2.21. The first-order chi connectivity index (χ1) is 7.84. The Morgan fingerprint density at radius 3 is 2.56 bits per heavy atom. The molecular weight excluding hydrogens is 204 g/mol. The smallest absolute Gasteiger partial charge is 0.223 e. The number of hydrogen-bond donors (Lipinski definition) is 2. The third kappa shape index (κ3) is 5.47. The zero-order chi connectivity index (χ0) is 11.6. The SMILES string of the molecule is NCCCCCCNC(=O)C1CCOCC1. The van der Waals surface area contributed by atoms with Crippen molar-refractivity contribution in [1.29, 1.82) is 0 Å². The van der Waals surface area contributed by atoms with Crippen LogP contribution in [0.4, 0.5) is 0 Å². The molecule has 0 bridgehead atoms. The van der Waals surface area contributed by atoms with Gasteiger partial charge in [-0.2, -0.15) is 0 Å². The molecule has 0 unspecified atom stereocenters. The molecule has 0 aromatic heterocycles. The van der Waals surface area contributed by atoms with Gasteiger partial charge in [-0.1, -0.05) is 12.8 Å². The Bertz CT molecular complexity index is 191. The van der Waals surface area contributed by atoms with Crippen LogP contribution in [0.2, 0.25) is 0 Å². The van der Waals surface area contributed by atoms with Crippen molar-refractivity contribution in [2.24, 2.45) is 11.7 Å². The Balaban J connectivity index is 1.97. The first kappa shape index (κ1) is 13.5. The van der Waals surface area contributed by atoms with Gasteiger partial charge in [-0.05, 0) is 32.2 Å². The predicted molar refractivity (Wildman–Crippen MR) is 64.1 cm³/mol. The van der Waals surface area contributed by atoms with Crippen LogP contribution in [-0.4, -0.2) is 32.2 Å². The number of hydrogen-bond acceptors (Lipinski definition) is 3. The van der Waals surface area contributed by atoms with Crippen LogP contribution in [0.3, 0.4) is 0 Å². The predicted octanol–water partition coefficient (Wildman–Crippen LogP) is 1.05. The molecule has 0 aliphatic carbocycles. The molecule has 0 saturated carbocycles. The molecule has 3 N–H and O–H groups in total. The lowest BCUT2D eigenvalue weighted by molar-refractivity contribution is -0.127. The van der Waals surface area contributed by atoms with Gasteiger partial charge in [0.1, 0.15) is 0 Å². The molecule has 1 amide bonds. The molecule has 1 heterocycles. The maximum atomic E-state index is 11.7. The van der Waals surface area contributed by atoms with E-state index >= 15 is 0 Å². The maximum absolute atomic E-state index is 11.7. The van der Waals surface area contributed by atoms with Crippen LogP contribution in [0.5, 0.6) is 0 Å². The van der Waals surface area contributed by atoms with Crippen LogP contribution in [0.15, 0.2) is 0 Å².